The number of ketones is 1. The van der Waals surface area contributed by atoms with Crippen LogP contribution in [0.3, 0.4) is 0 Å². The summed E-state index contributed by atoms with van der Waals surface area (Å²) in [6, 6.07) is 8.56. The number of carbonyl (C=O) groups is 2. The summed E-state index contributed by atoms with van der Waals surface area (Å²) in [6.07, 6.45) is 8.62. The number of carbonyl (C=O) groups excluding carboxylic acids is 1. The number of carboxylic acid groups (broad SMARTS) is 1. The maximum absolute atomic E-state index is 12.7. The Bertz CT molecular complexity index is 729. The first kappa shape index (κ1) is 18.2. The van der Waals surface area contributed by atoms with Crippen LogP contribution in [-0.4, -0.2) is 23.4 Å². The van der Waals surface area contributed by atoms with Gasteiger partial charge >= 0.3 is 5.97 Å². The smallest absolute Gasteiger partial charge is 0.322 e. The fourth-order valence-corrected chi connectivity index (χ4v) is 2.93. The number of carboxylic acids is 1. The number of rotatable bonds is 3. The van der Waals surface area contributed by atoms with Crippen molar-refractivity contribution in [3.8, 4) is 0 Å². The van der Waals surface area contributed by atoms with Crippen LogP contribution in [0, 0.1) is 0 Å². The molecule has 5 aliphatic carbocycles. The summed E-state index contributed by atoms with van der Waals surface area (Å²) in [4.78, 5) is 23.3. The molecule has 4 bridgehead atoms. The van der Waals surface area contributed by atoms with Crippen molar-refractivity contribution >= 4 is 11.8 Å². The third-order valence-electron chi connectivity index (χ3n) is 4.26. The molecule has 2 N–H and O–H groups in total. The Kier molecular flexibility index (Phi) is 6.18. The van der Waals surface area contributed by atoms with Crippen LogP contribution < -0.4 is 5.32 Å². The molecule has 24 heavy (non-hydrogen) atoms. The van der Waals surface area contributed by atoms with Crippen molar-refractivity contribution in [1.82, 2.24) is 5.32 Å². The molecule has 129 valence electrons. The Morgan fingerprint density at radius 1 is 1.00 bits per heavy atom. The third kappa shape index (κ3) is 4.25. The Balaban J connectivity index is 0.00000208. The molecule has 0 aromatic heterocycles. The average molecular weight is 373 g/mol. The first-order valence-electron chi connectivity index (χ1n) is 7.81. The number of nitrogens with one attached hydrogen (secondary N) is 1. The predicted octanol–water partition coefficient (Wildman–Crippen LogP) is 2.56. The van der Waals surface area contributed by atoms with Gasteiger partial charge in [0.05, 0.1) is 0 Å². The molecule has 4 nitrogen and oxygen atoms in total. The van der Waals surface area contributed by atoms with Gasteiger partial charge in [-0.3, -0.25) is 9.59 Å². The monoisotopic (exact) mass is 372 g/mol. The van der Waals surface area contributed by atoms with E-state index in [0.29, 0.717) is 12.0 Å². The molecule has 1 aromatic carbocycles. The Morgan fingerprint density at radius 3 is 2.12 bits per heavy atom. The number of hydrogen-bond donors (Lipinski definition) is 2. The van der Waals surface area contributed by atoms with Crippen molar-refractivity contribution in [2.24, 2.45) is 0 Å². The topological polar surface area (TPSA) is 66.4 Å². The zero-order chi connectivity index (χ0) is 16.2. The van der Waals surface area contributed by atoms with Crippen molar-refractivity contribution in [3.63, 3.8) is 0 Å². The van der Waals surface area contributed by atoms with Gasteiger partial charge in [-0.15, -0.1) is 0 Å². The summed E-state index contributed by atoms with van der Waals surface area (Å²) in [5.74, 6) is -0.934. The minimum absolute atomic E-state index is 0. The van der Waals surface area contributed by atoms with Gasteiger partial charge in [-0.2, -0.15) is 0 Å². The zero-order valence-electron chi connectivity index (χ0n) is 13.1. The van der Waals surface area contributed by atoms with Crippen molar-refractivity contribution in [1.29, 1.82) is 0 Å². The number of Topliss-reactive ketones (excluding diaryl/α,β-unsaturated/α-hetero) is 1. The Labute approximate surface area is 151 Å². The van der Waals surface area contributed by atoms with Crippen molar-refractivity contribution < 1.29 is 31.8 Å². The van der Waals surface area contributed by atoms with Gasteiger partial charge in [0, 0.05) is 34.4 Å². The second-order valence-corrected chi connectivity index (χ2v) is 5.86. The SMILES string of the molecule is O=C(O)CN/C=C1\C(=O)C2=CC=C1CCc1ccc(cc1)CC2.[Cu]. The van der Waals surface area contributed by atoms with Crippen LogP contribution in [0.4, 0.5) is 0 Å². The van der Waals surface area contributed by atoms with Crippen molar-refractivity contribution in [2.45, 2.75) is 25.7 Å². The molecule has 0 amide bonds. The first-order chi connectivity index (χ1) is 11.1. The second kappa shape index (κ2) is 8.13. The summed E-state index contributed by atoms with van der Waals surface area (Å²) in [6.45, 7) is -0.191. The van der Waals surface area contributed by atoms with Crippen LogP contribution in [-0.2, 0) is 39.5 Å². The van der Waals surface area contributed by atoms with Crippen LogP contribution in [0.2, 0.25) is 0 Å². The second-order valence-electron chi connectivity index (χ2n) is 5.86. The molecule has 0 saturated heterocycles. The molecular weight excluding hydrogens is 354 g/mol. The molecule has 1 aromatic rings. The minimum Gasteiger partial charge on any atom is -0.480 e. The Hall–Kier alpha value is -2.10. The van der Waals surface area contributed by atoms with E-state index in [4.69, 9.17) is 5.11 Å². The van der Waals surface area contributed by atoms with Gasteiger partial charge < -0.3 is 10.4 Å². The zero-order valence-corrected chi connectivity index (χ0v) is 14.1. The summed E-state index contributed by atoms with van der Waals surface area (Å²) in [5, 5.41) is 11.5. The molecule has 0 heterocycles. The molecule has 0 atom stereocenters. The molecule has 0 unspecified atom stereocenters. The van der Waals surface area contributed by atoms with Crippen LogP contribution >= 0.6 is 0 Å². The molecule has 0 fully saturated rings. The van der Waals surface area contributed by atoms with E-state index in [1.165, 1.54) is 11.1 Å². The van der Waals surface area contributed by atoms with Gasteiger partial charge in [-0.05, 0) is 42.4 Å². The fourth-order valence-electron chi connectivity index (χ4n) is 2.93. The van der Waals surface area contributed by atoms with Gasteiger partial charge in [0.25, 0.3) is 0 Å². The summed E-state index contributed by atoms with van der Waals surface area (Å²) in [5.41, 5.74) is 4.81. The molecular formula is C19H19CuNO3. The van der Waals surface area contributed by atoms with Gasteiger partial charge in [-0.1, -0.05) is 36.4 Å². The quantitative estimate of drug-likeness (QED) is 0.632. The van der Waals surface area contributed by atoms with Crippen molar-refractivity contribution in [2.75, 3.05) is 6.54 Å². The molecule has 0 spiro atoms. The molecule has 1 radical (unpaired) electrons. The van der Waals surface area contributed by atoms with E-state index in [-0.39, 0.29) is 29.4 Å². The summed E-state index contributed by atoms with van der Waals surface area (Å²) < 4.78 is 0. The van der Waals surface area contributed by atoms with Crippen molar-refractivity contribution in [3.05, 3.63) is 70.5 Å². The van der Waals surface area contributed by atoms with Gasteiger partial charge in [-0.25, -0.2) is 0 Å². The molecule has 5 heteroatoms. The van der Waals surface area contributed by atoms with Gasteiger partial charge in [0.2, 0.25) is 0 Å². The van der Waals surface area contributed by atoms with Crippen LogP contribution in [0.15, 0.2) is 59.3 Å². The van der Waals surface area contributed by atoms with E-state index in [9.17, 15) is 9.59 Å². The number of hydrogen-bond acceptors (Lipinski definition) is 3. The van der Waals surface area contributed by atoms with E-state index in [0.717, 1.165) is 30.4 Å². The van der Waals surface area contributed by atoms with Crippen LogP contribution in [0.5, 0.6) is 0 Å². The Morgan fingerprint density at radius 2 is 1.54 bits per heavy atom. The van der Waals surface area contributed by atoms with E-state index >= 15 is 0 Å². The summed E-state index contributed by atoms with van der Waals surface area (Å²) >= 11 is 0. The average Bonchev–Trinajstić information content (AvgIpc) is 2.52. The maximum Gasteiger partial charge on any atom is 0.322 e. The van der Waals surface area contributed by atoms with Gasteiger partial charge in [0.15, 0.2) is 5.78 Å². The molecule has 0 saturated carbocycles. The van der Waals surface area contributed by atoms with E-state index in [1.807, 2.05) is 12.2 Å². The third-order valence-corrected chi connectivity index (χ3v) is 4.26. The fraction of sp³-hybridized carbons (Fsp3) is 0.263. The van der Waals surface area contributed by atoms with E-state index < -0.39 is 5.97 Å². The predicted molar refractivity (Wildman–Crippen MR) is 88.0 cm³/mol. The normalized spacial score (nSPS) is 18.2. The molecule has 6 rings (SSSR count). The standard InChI is InChI=1S/C19H19NO3.Cu/c21-18(22)12-20-11-17-15-7-5-13-1-3-14(4-2-13)6-8-16(10-9-15)19(17)23;/h1-4,9-11,20H,5-8,12H2,(H,21,22);/b17-11-;. The first-order valence-corrected chi connectivity index (χ1v) is 7.81. The number of aliphatic carboxylic acids is 1. The minimum atomic E-state index is -0.944. The molecule has 5 aliphatic rings. The largest absolute Gasteiger partial charge is 0.480 e. The van der Waals surface area contributed by atoms with Gasteiger partial charge in [0.1, 0.15) is 6.54 Å². The number of aryl methyl sites for hydroxylation is 2. The number of benzene rings is 1. The van der Waals surface area contributed by atoms with E-state index in [2.05, 4.69) is 29.6 Å². The molecule has 0 aliphatic heterocycles. The van der Waals surface area contributed by atoms with Crippen LogP contribution in [0.1, 0.15) is 24.0 Å². The maximum atomic E-state index is 12.7. The van der Waals surface area contributed by atoms with E-state index in [1.54, 1.807) is 6.20 Å². The summed E-state index contributed by atoms with van der Waals surface area (Å²) in [7, 11) is 0. The van der Waals surface area contributed by atoms with Crippen LogP contribution in [0.25, 0.3) is 0 Å². The number of allylic oxidation sites excluding steroid dienone is 5.